The minimum Gasteiger partial charge on any atom is -0.497 e. The molecule has 47 heavy (non-hydrogen) atoms. The lowest BCUT2D eigenvalue weighted by molar-refractivity contribution is -0.141. The highest BCUT2D eigenvalue weighted by Crippen LogP contribution is 2.35. The van der Waals surface area contributed by atoms with Crippen LogP contribution in [0.25, 0.3) is 0 Å². The Morgan fingerprint density at radius 2 is 1.49 bits per heavy atom. The number of rotatable bonds is 10. The summed E-state index contributed by atoms with van der Waals surface area (Å²) in [6.45, 7) is 2.49. The van der Waals surface area contributed by atoms with Gasteiger partial charge in [-0.3, -0.25) is 24.0 Å². The number of likely N-dealkylation sites (N-methyl/N-ethyl adjacent to an activating group) is 1. The number of hydrogen-bond donors (Lipinski definition) is 2. The number of carbonyl (C=O) groups is 5. The monoisotopic (exact) mass is 654 g/mol. The van der Waals surface area contributed by atoms with Crippen LogP contribution in [0.3, 0.4) is 0 Å². The van der Waals surface area contributed by atoms with Crippen molar-refractivity contribution in [2.24, 2.45) is 0 Å². The molecule has 0 saturated carbocycles. The zero-order valence-corrected chi connectivity index (χ0v) is 28.1. The van der Waals surface area contributed by atoms with Crippen molar-refractivity contribution in [1.29, 1.82) is 0 Å². The molecule has 1 heterocycles. The molecule has 0 radical (unpaired) electrons. The van der Waals surface area contributed by atoms with Crippen LogP contribution < -0.4 is 29.6 Å². The van der Waals surface area contributed by atoms with E-state index in [1.165, 1.54) is 39.3 Å². The van der Waals surface area contributed by atoms with E-state index in [1.54, 1.807) is 37.1 Å². The molecule has 1 aliphatic rings. The highest BCUT2D eigenvalue weighted by Gasteiger charge is 2.30. The number of hydrogen-bond acceptors (Lipinski definition) is 9. The van der Waals surface area contributed by atoms with Gasteiger partial charge in [0, 0.05) is 58.4 Å². The summed E-state index contributed by atoms with van der Waals surface area (Å²) in [7, 11) is 7.49. The standard InChI is InChI=1S/C34H46N4O9/c1-22-33(42)35-16-8-18-38(32(41)15-14-27(39)25-20-29(46-5)30(47-6)21-28(25)45-4)17-7-9-31(40)36-26(34(43)37(22)2)19-23-10-12-24(44-3)13-11-23/h10-13,20-22,26H,7-9,14-19H2,1-6H3,(H,35,42)(H,36,40)/t22-,26-/m0/s1. The molecule has 1 saturated heterocycles. The molecule has 2 atom stereocenters. The van der Waals surface area contributed by atoms with E-state index >= 15 is 0 Å². The van der Waals surface area contributed by atoms with Gasteiger partial charge in [-0.15, -0.1) is 0 Å². The SMILES string of the molecule is COc1ccc(C[C@@H]2NC(=O)CCCN(C(=O)CCC(=O)c3cc(OC)c(OC)cc3OC)CCCNC(=O)[C@H](C)N(C)C2=O)cc1. The van der Waals surface area contributed by atoms with Gasteiger partial charge in [0.2, 0.25) is 23.6 Å². The summed E-state index contributed by atoms with van der Waals surface area (Å²) in [6.07, 6.45) is 0.959. The molecule has 13 nitrogen and oxygen atoms in total. The lowest BCUT2D eigenvalue weighted by Crippen LogP contribution is -2.54. The average molecular weight is 655 g/mol. The summed E-state index contributed by atoms with van der Waals surface area (Å²) in [4.78, 5) is 68.9. The normalized spacial score (nSPS) is 18.3. The molecule has 2 aromatic rings. The number of ketones is 1. The van der Waals surface area contributed by atoms with Crippen molar-refractivity contribution in [3.8, 4) is 23.0 Å². The second-order valence-electron chi connectivity index (χ2n) is 11.3. The molecule has 0 unspecified atom stereocenters. The van der Waals surface area contributed by atoms with Crippen LogP contribution >= 0.6 is 0 Å². The second kappa shape index (κ2) is 17.8. The Balaban J connectivity index is 1.72. The number of benzene rings is 2. The summed E-state index contributed by atoms with van der Waals surface area (Å²) in [5, 5.41) is 5.68. The van der Waals surface area contributed by atoms with E-state index in [2.05, 4.69) is 10.6 Å². The molecular weight excluding hydrogens is 608 g/mol. The van der Waals surface area contributed by atoms with E-state index in [0.29, 0.717) is 42.4 Å². The van der Waals surface area contributed by atoms with Gasteiger partial charge in [0.05, 0.1) is 34.0 Å². The van der Waals surface area contributed by atoms with Crippen LogP contribution in [-0.2, 0) is 25.6 Å². The maximum Gasteiger partial charge on any atom is 0.245 e. The first-order valence-corrected chi connectivity index (χ1v) is 15.6. The largest absolute Gasteiger partial charge is 0.497 e. The Bertz CT molecular complexity index is 1410. The second-order valence-corrected chi connectivity index (χ2v) is 11.3. The van der Waals surface area contributed by atoms with Crippen LogP contribution in [-0.4, -0.2) is 106 Å². The van der Waals surface area contributed by atoms with Crippen molar-refractivity contribution < 1.29 is 42.9 Å². The van der Waals surface area contributed by atoms with E-state index in [4.69, 9.17) is 18.9 Å². The molecule has 2 aromatic carbocycles. The van der Waals surface area contributed by atoms with Crippen molar-refractivity contribution in [1.82, 2.24) is 20.4 Å². The number of nitrogens with zero attached hydrogens (tertiary/aromatic N) is 2. The third kappa shape index (κ3) is 10.1. The minimum atomic E-state index is -0.904. The fourth-order valence-electron chi connectivity index (χ4n) is 5.26. The first-order chi connectivity index (χ1) is 22.5. The number of Topliss-reactive ketones (excluding diaryl/α,β-unsaturated/α-hetero) is 1. The predicted octanol–water partition coefficient (Wildman–Crippen LogP) is 2.39. The van der Waals surface area contributed by atoms with Gasteiger partial charge in [-0.2, -0.15) is 0 Å². The van der Waals surface area contributed by atoms with E-state index in [-0.39, 0.29) is 73.7 Å². The highest BCUT2D eigenvalue weighted by atomic mass is 16.5. The summed E-state index contributed by atoms with van der Waals surface area (Å²) in [5.41, 5.74) is 1.08. The molecule has 256 valence electrons. The predicted molar refractivity (Wildman–Crippen MR) is 174 cm³/mol. The summed E-state index contributed by atoms with van der Waals surface area (Å²) < 4.78 is 21.2. The Hall–Kier alpha value is -4.81. The van der Waals surface area contributed by atoms with Crippen LogP contribution in [0.2, 0.25) is 0 Å². The number of ether oxygens (including phenoxy) is 4. The maximum absolute atomic E-state index is 13.5. The third-order valence-corrected chi connectivity index (χ3v) is 8.20. The molecule has 0 bridgehead atoms. The molecule has 2 N–H and O–H groups in total. The molecular formula is C34H46N4O9. The maximum atomic E-state index is 13.5. The summed E-state index contributed by atoms with van der Waals surface area (Å²) in [5.74, 6) is 0.102. The van der Waals surface area contributed by atoms with Gasteiger partial charge in [-0.05, 0) is 43.5 Å². The first-order valence-electron chi connectivity index (χ1n) is 15.6. The molecule has 4 amide bonds. The minimum absolute atomic E-state index is 0.0604. The van der Waals surface area contributed by atoms with Crippen LogP contribution in [0.1, 0.15) is 54.9 Å². The van der Waals surface area contributed by atoms with Gasteiger partial charge in [-0.1, -0.05) is 12.1 Å². The van der Waals surface area contributed by atoms with Crippen molar-refractivity contribution in [2.75, 3.05) is 55.1 Å². The zero-order valence-electron chi connectivity index (χ0n) is 28.1. The Morgan fingerprint density at radius 1 is 0.851 bits per heavy atom. The quantitative estimate of drug-likeness (QED) is 0.368. The average Bonchev–Trinajstić information content (AvgIpc) is 3.09. The number of nitrogens with one attached hydrogen (secondary N) is 2. The van der Waals surface area contributed by atoms with Crippen LogP contribution in [0, 0.1) is 0 Å². The molecule has 1 aliphatic heterocycles. The number of methoxy groups -OCH3 is 4. The van der Waals surface area contributed by atoms with Crippen LogP contribution in [0.15, 0.2) is 36.4 Å². The summed E-state index contributed by atoms with van der Waals surface area (Å²) in [6, 6.07) is 8.58. The van der Waals surface area contributed by atoms with E-state index in [9.17, 15) is 24.0 Å². The number of amides is 4. The van der Waals surface area contributed by atoms with Gasteiger partial charge in [0.25, 0.3) is 0 Å². The Kier molecular flexibility index (Phi) is 13.9. The van der Waals surface area contributed by atoms with E-state index < -0.39 is 12.1 Å². The fraction of sp³-hybridized carbons (Fsp3) is 0.500. The van der Waals surface area contributed by atoms with Gasteiger partial charge < -0.3 is 39.4 Å². The van der Waals surface area contributed by atoms with Crippen molar-refractivity contribution >= 4 is 29.4 Å². The van der Waals surface area contributed by atoms with E-state index in [1.807, 2.05) is 12.1 Å². The molecule has 3 rings (SSSR count). The zero-order chi connectivity index (χ0) is 34.5. The van der Waals surface area contributed by atoms with Gasteiger partial charge >= 0.3 is 0 Å². The molecule has 0 aromatic heterocycles. The van der Waals surface area contributed by atoms with Crippen molar-refractivity contribution in [3.63, 3.8) is 0 Å². The fourth-order valence-corrected chi connectivity index (χ4v) is 5.26. The molecule has 0 aliphatic carbocycles. The topological polar surface area (TPSA) is 153 Å². The third-order valence-electron chi connectivity index (χ3n) is 8.20. The van der Waals surface area contributed by atoms with Gasteiger partial charge in [0.1, 0.15) is 23.6 Å². The van der Waals surface area contributed by atoms with Gasteiger partial charge in [0.15, 0.2) is 17.3 Å². The lowest BCUT2D eigenvalue weighted by Gasteiger charge is -2.29. The number of carbonyl (C=O) groups excluding carboxylic acids is 5. The van der Waals surface area contributed by atoms with E-state index in [0.717, 1.165) is 5.56 Å². The van der Waals surface area contributed by atoms with Crippen molar-refractivity contribution in [2.45, 2.75) is 57.5 Å². The Morgan fingerprint density at radius 3 is 2.13 bits per heavy atom. The van der Waals surface area contributed by atoms with Crippen molar-refractivity contribution in [3.05, 3.63) is 47.5 Å². The summed E-state index contributed by atoms with van der Waals surface area (Å²) >= 11 is 0. The first kappa shape index (κ1) is 36.7. The molecule has 1 fully saturated rings. The van der Waals surface area contributed by atoms with Crippen LogP contribution in [0.5, 0.6) is 23.0 Å². The van der Waals surface area contributed by atoms with Gasteiger partial charge in [-0.25, -0.2) is 0 Å². The Labute approximate surface area is 275 Å². The molecule has 0 spiro atoms. The van der Waals surface area contributed by atoms with Crippen LogP contribution in [0.4, 0.5) is 0 Å². The smallest absolute Gasteiger partial charge is 0.245 e. The lowest BCUT2D eigenvalue weighted by atomic mass is 10.0. The molecule has 13 heteroatoms. The highest BCUT2D eigenvalue weighted by molar-refractivity contribution is 6.01.